The van der Waals surface area contributed by atoms with Crippen LogP contribution in [0.4, 0.5) is 0 Å². The second kappa shape index (κ2) is 8.58. The maximum absolute atomic E-state index is 13.2. The molecule has 0 amide bonds. The molecule has 0 aliphatic heterocycles. The third-order valence-corrected chi connectivity index (χ3v) is 4.38. The average molecular weight is 359 g/mol. The van der Waals surface area contributed by atoms with Crippen LogP contribution in [0.25, 0.3) is 21.9 Å². The van der Waals surface area contributed by atoms with Gasteiger partial charge in [0.2, 0.25) is 0 Å². The molecule has 4 heteroatoms. The predicted octanol–water partition coefficient (Wildman–Crippen LogP) is 4.97. The Morgan fingerprint density at radius 2 is 1.63 bits per heavy atom. The minimum atomic E-state index is -0.0180. The van der Waals surface area contributed by atoms with Crippen molar-refractivity contribution < 1.29 is 0 Å². The number of nitrogens with zero attached hydrogens (tertiary/aromatic N) is 3. The predicted molar refractivity (Wildman–Crippen MR) is 112 cm³/mol. The highest BCUT2D eigenvalue weighted by Crippen LogP contribution is 2.17. The topological polar surface area (TPSA) is 47.8 Å². The van der Waals surface area contributed by atoms with Crippen LogP contribution in [0.2, 0.25) is 0 Å². The van der Waals surface area contributed by atoms with E-state index in [9.17, 15) is 4.79 Å². The quantitative estimate of drug-likeness (QED) is 0.483. The van der Waals surface area contributed by atoms with Gasteiger partial charge in [-0.3, -0.25) is 9.36 Å². The number of rotatable bonds is 4. The van der Waals surface area contributed by atoms with Crippen molar-refractivity contribution in [3.63, 3.8) is 0 Å². The van der Waals surface area contributed by atoms with E-state index >= 15 is 0 Å². The summed E-state index contributed by atoms with van der Waals surface area (Å²) in [6.07, 6.45) is 1.69. The number of hydrogen-bond acceptors (Lipinski definition) is 3. The van der Waals surface area contributed by atoms with Crippen LogP contribution in [0, 0.1) is 0 Å². The zero-order chi connectivity index (χ0) is 19.2. The maximum Gasteiger partial charge on any atom is 0.263 e. The zero-order valence-electron chi connectivity index (χ0n) is 16.1. The average Bonchev–Trinajstić information content (AvgIpc) is 2.72. The van der Waals surface area contributed by atoms with Crippen molar-refractivity contribution in [2.75, 3.05) is 0 Å². The number of fused-ring (bicyclic) bond motifs is 2. The number of aromatic nitrogens is 3. The summed E-state index contributed by atoms with van der Waals surface area (Å²) >= 11 is 0. The van der Waals surface area contributed by atoms with E-state index in [2.05, 4.69) is 11.9 Å². The van der Waals surface area contributed by atoms with Crippen molar-refractivity contribution in [2.45, 2.75) is 40.2 Å². The molecule has 0 saturated carbocycles. The monoisotopic (exact) mass is 359 g/mol. The van der Waals surface area contributed by atoms with E-state index in [0.29, 0.717) is 17.6 Å². The third kappa shape index (κ3) is 3.90. The molecule has 0 fully saturated rings. The van der Waals surface area contributed by atoms with Crippen molar-refractivity contribution in [2.24, 2.45) is 0 Å². The van der Waals surface area contributed by atoms with Crippen LogP contribution in [-0.2, 0) is 13.0 Å². The summed E-state index contributed by atoms with van der Waals surface area (Å²) in [7, 11) is 0. The van der Waals surface area contributed by atoms with Crippen LogP contribution >= 0.6 is 0 Å². The highest BCUT2D eigenvalue weighted by atomic mass is 16.1. The Morgan fingerprint density at radius 1 is 0.926 bits per heavy atom. The summed E-state index contributed by atoms with van der Waals surface area (Å²) in [6.45, 7) is 6.63. The van der Waals surface area contributed by atoms with Crippen molar-refractivity contribution in [3.8, 4) is 0 Å². The van der Waals surface area contributed by atoms with E-state index < -0.39 is 0 Å². The van der Waals surface area contributed by atoms with Crippen LogP contribution in [0.3, 0.4) is 0 Å². The first-order chi connectivity index (χ1) is 13.3. The third-order valence-electron chi connectivity index (χ3n) is 4.38. The van der Waals surface area contributed by atoms with Gasteiger partial charge in [0, 0.05) is 11.8 Å². The summed E-state index contributed by atoms with van der Waals surface area (Å²) < 4.78 is 1.79. The Kier molecular flexibility index (Phi) is 5.97. The lowest BCUT2D eigenvalue weighted by molar-refractivity contribution is 0.664. The molecule has 0 aliphatic carbocycles. The van der Waals surface area contributed by atoms with Gasteiger partial charge >= 0.3 is 0 Å². The van der Waals surface area contributed by atoms with Gasteiger partial charge in [-0.1, -0.05) is 69.3 Å². The van der Waals surface area contributed by atoms with Crippen LogP contribution in [0.5, 0.6) is 0 Å². The van der Waals surface area contributed by atoms with Gasteiger partial charge in [-0.25, -0.2) is 9.97 Å². The molecule has 0 spiro atoms. The van der Waals surface area contributed by atoms with Crippen LogP contribution in [0.15, 0.2) is 65.5 Å². The Balaban J connectivity index is 0.00000102. The Labute approximate surface area is 159 Å². The van der Waals surface area contributed by atoms with Crippen LogP contribution in [0.1, 0.15) is 38.6 Å². The van der Waals surface area contributed by atoms with Gasteiger partial charge in [0.05, 0.1) is 17.4 Å². The van der Waals surface area contributed by atoms with E-state index in [-0.39, 0.29) is 5.56 Å². The van der Waals surface area contributed by atoms with Crippen molar-refractivity contribution in [3.05, 3.63) is 82.4 Å². The van der Waals surface area contributed by atoms with Gasteiger partial charge in [-0.15, -0.1) is 0 Å². The molecular weight excluding hydrogens is 334 g/mol. The molecule has 0 radical (unpaired) electrons. The first kappa shape index (κ1) is 18.8. The molecule has 0 unspecified atom stereocenters. The van der Waals surface area contributed by atoms with E-state index in [1.54, 1.807) is 4.57 Å². The van der Waals surface area contributed by atoms with Gasteiger partial charge in [-0.05, 0) is 24.1 Å². The lowest BCUT2D eigenvalue weighted by atomic mass is 10.1. The smallest absolute Gasteiger partial charge is 0.263 e. The maximum atomic E-state index is 13.2. The minimum Gasteiger partial charge on any atom is -0.292 e. The van der Waals surface area contributed by atoms with E-state index in [1.807, 2.05) is 74.5 Å². The molecule has 0 atom stereocenters. The lowest BCUT2D eigenvalue weighted by Crippen LogP contribution is -2.26. The first-order valence-electron chi connectivity index (χ1n) is 9.59. The molecule has 2 heterocycles. The molecule has 138 valence electrons. The summed E-state index contributed by atoms with van der Waals surface area (Å²) in [4.78, 5) is 22.5. The molecule has 0 aliphatic rings. The SMILES string of the molecule is CC.CCCc1nc2nc3ccccc3cc2c(=O)n1Cc1ccccc1. The molecule has 27 heavy (non-hydrogen) atoms. The zero-order valence-corrected chi connectivity index (χ0v) is 16.1. The van der Waals surface area contributed by atoms with Crippen LogP contribution < -0.4 is 5.56 Å². The van der Waals surface area contributed by atoms with Gasteiger partial charge in [-0.2, -0.15) is 0 Å². The van der Waals surface area contributed by atoms with E-state index in [4.69, 9.17) is 4.98 Å². The molecule has 4 aromatic rings. The molecule has 4 nitrogen and oxygen atoms in total. The summed E-state index contributed by atoms with van der Waals surface area (Å²) in [5, 5.41) is 1.54. The first-order valence-corrected chi connectivity index (χ1v) is 9.59. The molecule has 4 rings (SSSR count). The second-order valence-corrected chi connectivity index (χ2v) is 6.21. The second-order valence-electron chi connectivity index (χ2n) is 6.21. The number of hydrogen-bond donors (Lipinski definition) is 0. The Hall–Kier alpha value is -3.01. The molecule has 2 aromatic heterocycles. The molecule has 0 saturated heterocycles. The van der Waals surface area contributed by atoms with E-state index in [0.717, 1.165) is 35.1 Å². The largest absolute Gasteiger partial charge is 0.292 e. The summed E-state index contributed by atoms with van der Waals surface area (Å²) in [6, 6.07) is 19.8. The van der Waals surface area contributed by atoms with Crippen LogP contribution in [-0.4, -0.2) is 14.5 Å². The standard InChI is InChI=1S/C21H19N3O.C2H6/c1-2-8-19-23-20-17(13-16-11-6-7-12-18(16)22-20)21(25)24(19)14-15-9-4-3-5-10-15;1-2/h3-7,9-13H,2,8,14H2,1H3;1-2H3. The Bertz CT molecular complexity index is 1100. The minimum absolute atomic E-state index is 0.0180. The van der Waals surface area contributed by atoms with Crippen molar-refractivity contribution >= 4 is 21.9 Å². The molecule has 2 aromatic carbocycles. The molecule has 0 bridgehead atoms. The highest BCUT2D eigenvalue weighted by Gasteiger charge is 2.13. The summed E-state index contributed by atoms with van der Waals surface area (Å²) in [5.41, 5.74) is 2.48. The summed E-state index contributed by atoms with van der Waals surface area (Å²) in [5.74, 6) is 0.798. The van der Waals surface area contributed by atoms with Gasteiger partial charge in [0.15, 0.2) is 5.65 Å². The Morgan fingerprint density at radius 3 is 2.37 bits per heavy atom. The highest BCUT2D eigenvalue weighted by molar-refractivity contribution is 5.90. The number of para-hydroxylation sites is 1. The number of benzene rings is 2. The fourth-order valence-corrected chi connectivity index (χ4v) is 3.14. The molecular formula is C23H25N3O. The normalized spacial score (nSPS) is 10.6. The van der Waals surface area contributed by atoms with E-state index in [1.165, 1.54) is 0 Å². The fraction of sp³-hybridized carbons (Fsp3) is 0.261. The van der Waals surface area contributed by atoms with Crippen molar-refractivity contribution in [1.82, 2.24) is 14.5 Å². The fourth-order valence-electron chi connectivity index (χ4n) is 3.14. The van der Waals surface area contributed by atoms with Gasteiger partial charge in [0.1, 0.15) is 5.82 Å². The van der Waals surface area contributed by atoms with Gasteiger partial charge < -0.3 is 0 Å². The molecule has 0 N–H and O–H groups in total. The lowest BCUT2D eigenvalue weighted by Gasteiger charge is -2.13. The number of pyridine rings is 1. The van der Waals surface area contributed by atoms with Crippen molar-refractivity contribution in [1.29, 1.82) is 0 Å². The number of aryl methyl sites for hydroxylation is 1. The van der Waals surface area contributed by atoms with Gasteiger partial charge in [0.25, 0.3) is 5.56 Å².